The maximum Gasteiger partial charge on any atom is 0.233 e. The Kier molecular flexibility index (Phi) is 6.47. The molecule has 8 nitrogen and oxygen atoms in total. The van der Waals surface area contributed by atoms with Crippen LogP contribution in [0.2, 0.25) is 0 Å². The van der Waals surface area contributed by atoms with E-state index >= 15 is 0 Å². The fraction of sp³-hybridized carbons (Fsp3) is 0.115. The summed E-state index contributed by atoms with van der Waals surface area (Å²) in [7, 11) is 0. The van der Waals surface area contributed by atoms with Gasteiger partial charge in [-0.25, -0.2) is 15.0 Å². The maximum absolute atomic E-state index is 5.82. The van der Waals surface area contributed by atoms with Crippen molar-refractivity contribution in [3.8, 4) is 34.4 Å². The topological polar surface area (TPSA) is 87.8 Å². The predicted molar refractivity (Wildman–Crippen MR) is 127 cm³/mol. The summed E-state index contributed by atoms with van der Waals surface area (Å²) in [5.41, 5.74) is 3.87. The number of pyridine rings is 2. The molecule has 0 aliphatic rings. The lowest BCUT2D eigenvalue weighted by atomic mass is 10.1. The first kappa shape index (κ1) is 21.3. The zero-order chi connectivity index (χ0) is 23.0. The Hall–Kier alpha value is -4.59. The van der Waals surface area contributed by atoms with Gasteiger partial charge in [0.25, 0.3) is 0 Å². The molecule has 0 N–H and O–H groups in total. The van der Waals surface area contributed by atoms with Crippen molar-refractivity contribution in [3.05, 3.63) is 104 Å². The summed E-state index contributed by atoms with van der Waals surface area (Å²) in [6.45, 7) is 1.48. The molecule has 34 heavy (non-hydrogen) atoms. The molecule has 4 heterocycles. The van der Waals surface area contributed by atoms with Crippen LogP contribution in [0.3, 0.4) is 0 Å². The third kappa shape index (κ3) is 5.24. The highest BCUT2D eigenvalue weighted by atomic mass is 16.5. The molecule has 0 radical (unpaired) electrons. The van der Waals surface area contributed by atoms with Crippen LogP contribution in [0.25, 0.3) is 22.8 Å². The monoisotopic (exact) mass is 450 g/mol. The second-order valence-corrected chi connectivity index (χ2v) is 7.41. The van der Waals surface area contributed by atoms with Gasteiger partial charge in [0, 0.05) is 31.3 Å². The Morgan fingerprint density at radius 3 is 2.12 bits per heavy atom. The number of hydrogen-bond acceptors (Lipinski definition) is 7. The van der Waals surface area contributed by atoms with Gasteiger partial charge in [0.05, 0.1) is 23.9 Å². The molecule has 0 unspecified atom stereocenters. The van der Waals surface area contributed by atoms with E-state index in [4.69, 9.17) is 9.47 Å². The Morgan fingerprint density at radius 2 is 1.44 bits per heavy atom. The number of aromatic nitrogens is 6. The van der Waals surface area contributed by atoms with Gasteiger partial charge in [-0.15, -0.1) is 0 Å². The van der Waals surface area contributed by atoms with Crippen molar-refractivity contribution < 1.29 is 9.47 Å². The van der Waals surface area contributed by atoms with E-state index in [1.54, 1.807) is 31.1 Å². The molecular formula is C26H22N6O2. The molecule has 0 atom stereocenters. The van der Waals surface area contributed by atoms with E-state index in [0.29, 0.717) is 36.2 Å². The van der Waals surface area contributed by atoms with Gasteiger partial charge in [-0.2, -0.15) is 0 Å². The van der Waals surface area contributed by atoms with Gasteiger partial charge in [0.2, 0.25) is 5.88 Å². The van der Waals surface area contributed by atoms with Gasteiger partial charge in [0.15, 0.2) is 0 Å². The average molecular weight is 451 g/mol. The van der Waals surface area contributed by atoms with Crippen molar-refractivity contribution in [2.24, 2.45) is 0 Å². The molecule has 0 fully saturated rings. The molecule has 0 aliphatic heterocycles. The van der Waals surface area contributed by atoms with Crippen LogP contribution in [0.4, 0.5) is 0 Å². The first-order valence-electron chi connectivity index (χ1n) is 10.9. The quantitative estimate of drug-likeness (QED) is 0.309. The molecule has 5 rings (SSSR count). The third-order valence-electron chi connectivity index (χ3n) is 5.02. The van der Waals surface area contributed by atoms with Crippen LogP contribution in [0.1, 0.15) is 5.56 Å². The maximum atomic E-state index is 5.82. The van der Waals surface area contributed by atoms with Crippen LogP contribution < -0.4 is 9.47 Å². The van der Waals surface area contributed by atoms with Gasteiger partial charge in [0.1, 0.15) is 30.4 Å². The van der Waals surface area contributed by atoms with Gasteiger partial charge in [-0.3, -0.25) is 9.97 Å². The van der Waals surface area contributed by atoms with Crippen molar-refractivity contribution in [1.82, 2.24) is 29.5 Å². The lowest BCUT2D eigenvalue weighted by Gasteiger charge is -2.11. The zero-order valence-corrected chi connectivity index (χ0v) is 18.4. The summed E-state index contributed by atoms with van der Waals surface area (Å²) in [6.07, 6.45) is 10.6. The molecule has 5 aromatic rings. The Labute approximate surface area is 196 Å². The molecule has 4 aromatic heterocycles. The molecule has 0 spiro atoms. The highest BCUT2D eigenvalue weighted by Gasteiger charge is 2.14. The zero-order valence-electron chi connectivity index (χ0n) is 18.4. The van der Waals surface area contributed by atoms with E-state index < -0.39 is 0 Å². The van der Waals surface area contributed by atoms with Crippen LogP contribution >= 0.6 is 0 Å². The number of benzene rings is 1. The van der Waals surface area contributed by atoms with Crippen molar-refractivity contribution in [1.29, 1.82) is 0 Å². The van der Waals surface area contributed by atoms with Crippen LogP contribution in [0.5, 0.6) is 11.6 Å². The Balaban J connectivity index is 1.22. The minimum atomic E-state index is 0.329. The second-order valence-electron chi connectivity index (χ2n) is 7.41. The molecule has 0 aliphatic carbocycles. The van der Waals surface area contributed by atoms with Crippen molar-refractivity contribution in [2.75, 3.05) is 13.2 Å². The minimum Gasteiger partial charge on any atom is -0.490 e. The fourth-order valence-electron chi connectivity index (χ4n) is 3.40. The van der Waals surface area contributed by atoms with E-state index in [-0.39, 0.29) is 0 Å². The Morgan fingerprint density at radius 1 is 0.706 bits per heavy atom. The van der Waals surface area contributed by atoms with E-state index in [2.05, 4.69) is 24.9 Å². The van der Waals surface area contributed by atoms with Gasteiger partial charge in [-0.05, 0) is 42.0 Å². The van der Waals surface area contributed by atoms with Crippen molar-refractivity contribution in [2.45, 2.75) is 6.54 Å². The van der Waals surface area contributed by atoms with Crippen molar-refractivity contribution in [3.63, 3.8) is 0 Å². The number of rotatable bonds is 9. The molecular weight excluding hydrogens is 428 g/mol. The number of nitrogens with zero attached hydrogens (tertiary/aromatic N) is 6. The first-order valence-corrected chi connectivity index (χ1v) is 10.9. The summed E-state index contributed by atoms with van der Waals surface area (Å²) in [5, 5.41) is 0. The van der Waals surface area contributed by atoms with E-state index in [1.807, 2.05) is 71.4 Å². The second kappa shape index (κ2) is 10.4. The smallest absolute Gasteiger partial charge is 0.233 e. The third-order valence-corrected chi connectivity index (χ3v) is 5.02. The van der Waals surface area contributed by atoms with Gasteiger partial charge in [-0.1, -0.05) is 24.3 Å². The van der Waals surface area contributed by atoms with Crippen LogP contribution in [0.15, 0.2) is 98.0 Å². The summed E-state index contributed by atoms with van der Waals surface area (Å²) >= 11 is 0. The average Bonchev–Trinajstić information content (AvgIpc) is 3.42. The fourth-order valence-corrected chi connectivity index (χ4v) is 3.40. The van der Waals surface area contributed by atoms with E-state index in [0.717, 1.165) is 18.0 Å². The summed E-state index contributed by atoms with van der Waals surface area (Å²) in [4.78, 5) is 22.1. The largest absolute Gasteiger partial charge is 0.490 e. The summed E-state index contributed by atoms with van der Waals surface area (Å²) in [6, 6.07) is 19.3. The normalized spacial score (nSPS) is 10.7. The minimum absolute atomic E-state index is 0.329. The number of ether oxygens (including phenoxy) is 2. The SMILES string of the molecule is c1ccc(-c2ncc(OCCOc3ccc(Cn4ccnc4)cc3)nc2-c2ccccn2)nc1. The standard InChI is InChI=1S/C26H22N6O2/c1-3-11-28-22(5-1)25-26(23-6-2-4-12-29-23)31-24(17-30-25)34-16-15-33-21-9-7-20(8-10-21)18-32-14-13-27-19-32/h1-14,17,19H,15-16,18H2. The lowest BCUT2D eigenvalue weighted by molar-refractivity contribution is 0.211. The molecule has 168 valence electrons. The molecule has 0 amide bonds. The number of hydrogen-bond donors (Lipinski definition) is 0. The Bertz CT molecular complexity index is 1310. The predicted octanol–water partition coefficient (Wildman–Crippen LogP) is 4.30. The highest BCUT2D eigenvalue weighted by Crippen LogP contribution is 2.27. The molecule has 0 bridgehead atoms. The van der Waals surface area contributed by atoms with Crippen molar-refractivity contribution >= 4 is 0 Å². The van der Waals surface area contributed by atoms with Gasteiger partial charge >= 0.3 is 0 Å². The molecule has 0 saturated carbocycles. The van der Waals surface area contributed by atoms with E-state index in [9.17, 15) is 0 Å². The molecule has 8 heteroatoms. The van der Waals surface area contributed by atoms with E-state index in [1.165, 1.54) is 5.56 Å². The lowest BCUT2D eigenvalue weighted by Crippen LogP contribution is -2.10. The summed E-state index contributed by atoms with van der Waals surface area (Å²) in [5.74, 6) is 1.18. The van der Waals surface area contributed by atoms with Gasteiger partial charge < -0.3 is 14.0 Å². The highest BCUT2D eigenvalue weighted by molar-refractivity contribution is 5.73. The summed E-state index contributed by atoms with van der Waals surface area (Å²) < 4.78 is 13.6. The first-order chi connectivity index (χ1) is 16.8. The van der Waals surface area contributed by atoms with Crippen LogP contribution in [0, 0.1) is 0 Å². The van der Waals surface area contributed by atoms with Crippen LogP contribution in [-0.4, -0.2) is 42.7 Å². The van der Waals surface area contributed by atoms with Crippen LogP contribution in [-0.2, 0) is 6.54 Å². The molecule has 1 aromatic carbocycles. The molecule has 0 saturated heterocycles. The number of imidazole rings is 1.